The molecule has 0 saturated carbocycles. The van der Waals surface area contributed by atoms with Crippen molar-refractivity contribution in [2.24, 2.45) is 5.16 Å². The number of fused-ring (bicyclic) bond motifs is 2. The SMILES string of the molecule is O=C1CCc2cc(N3CCN(c4cccnc4)C3=O)ccc21.O=C1N(c2cccnc2)CCN1c1ccc2c(c1)CC/C2=N\O. The molecule has 4 heterocycles. The Kier molecular flexibility index (Phi) is 7.42. The zero-order valence-corrected chi connectivity index (χ0v) is 24.5. The van der Waals surface area contributed by atoms with Crippen LogP contribution < -0.4 is 19.6 Å². The highest BCUT2D eigenvalue weighted by Gasteiger charge is 2.33. The predicted octanol–water partition coefficient (Wildman–Crippen LogP) is 5.31. The number of nitrogens with zero attached hydrogens (tertiary/aromatic N) is 7. The average molecular weight is 602 g/mol. The number of aromatic nitrogens is 2. The fourth-order valence-electron chi connectivity index (χ4n) is 6.40. The number of anilines is 4. The summed E-state index contributed by atoms with van der Waals surface area (Å²) >= 11 is 0. The fourth-order valence-corrected chi connectivity index (χ4v) is 6.40. The molecule has 2 saturated heterocycles. The number of ketones is 1. The van der Waals surface area contributed by atoms with E-state index in [-0.39, 0.29) is 17.8 Å². The Bertz CT molecular complexity index is 1810. The van der Waals surface area contributed by atoms with Crippen LogP contribution in [0.4, 0.5) is 32.3 Å². The van der Waals surface area contributed by atoms with Gasteiger partial charge in [-0.2, -0.15) is 0 Å². The Morgan fingerprint density at radius 2 is 1.07 bits per heavy atom. The molecule has 0 atom stereocenters. The molecule has 0 bridgehead atoms. The lowest BCUT2D eigenvalue weighted by molar-refractivity contribution is 0.0994. The van der Waals surface area contributed by atoms with Crippen LogP contribution >= 0.6 is 0 Å². The molecular formula is C34H31N7O4. The molecule has 1 N–H and O–H groups in total. The van der Waals surface area contributed by atoms with E-state index in [0.717, 1.165) is 70.0 Å². The summed E-state index contributed by atoms with van der Waals surface area (Å²) in [5, 5.41) is 12.4. The third-order valence-corrected chi connectivity index (χ3v) is 8.72. The van der Waals surface area contributed by atoms with E-state index in [1.807, 2.05) is 60.7 Å². The third-order valence-electron chi connectivity index (χ3n) is 8.72. The highest BCUT2D eigenvalue weighted by Crippen LogP contribution is 2.31. The number of benzene rings is 2. The summed E-state index contributed by atoms with van der Waals surface area (Å²) in [4.78, 5) is 52.2. The van der Waals surface area contributed by atoms with Crippen molar-refractivity contribution < 1.29 is 19.6 Å². The molecule has 2 fully saturated rings. The van der Waals surface area contributed by atoms with Gasteiger partial charge in [-0.15, -0.1) is 0 Å². The van der Waals surface area contributed by atoms with Gasteiger partial charge in [0, 0.05) is 67.5 Å². The second kappa shape index (κ2) is 11.8. The molecule has 4 aromatic rings. The summed E-state index contributed by atoms with van der Waals surface area (Å²) in [7, 11) is 0. The molecule has 226 valence electrons. The number of carbonyl (C=O) groups is 3. The number of carbonyl (C=O) groups excluding carboxylic acids is 3. The lowest BCUT2D eigenvalue weighted by Crippen LogP contribution is -2.31. The normalized spacial score (nSPS) is 18.0. The second-order valence-corrected chi connectivity index (χ2v) is 11.2. The first-order valence-electron chi connectivity index (χ1n) is 15.0. The first-order valence-corrected chi connectivity index (χ1v) is 15.0. The zero-order chi connectivity index (χ0) is 30.9. The van der Waals surface area contributed by atoms with Crippen LogP contribution in [0.5, 0.6) is 0 Å². The van der Waals surface area contributed by atoms with Gasteiger partial charge in [0.2, 0.25) is 0 Å². The van der Waals surface area contributed by atoms with Gasteiger partial charge < -0.3 is 5.21 Å². The van der Waals surface area contributed by atoms with Crippen molar-refractivity contribution in [3.8, 4) is 0 Å². The molecule has 45 heavy (non-hydrogen) atoms. The average Bonchev–Trinajstić information content (AvgIpc) is 3.87. The molecule has 0 spiro atoms. The van der Waals surface area contributed by atoms with Gasteiger partial charge in [-0.1, -0.05) is 11.2 Å². The van der Waals surface area contributed by atoms with Crippen LogP contribution in [-0.4, -0.2) is 64.9 Å². The van der Waals surface area contributed by atoms with Crippen LogP contribution in [0.25, 0.3) is 0 Å². The van der Waals surface area contributed by atoms with Gasteiger partial charge in [-0.3, -0.25) is 34.4 Å². The maximum Gasteiger partial charge on any atom is 0.329 e. The molecule has 11 nitrogen and oxygen atoms in total. The van der Waals surface area contributed by atoms with Crippen molar-refractivity contribution in [2.45, 2.75) is 25.7 Å². The van der Waals surface area contributed by atoms with E-state index in [9.17, 15) is 14.4 Å². The van der Waals surface area contributed by atoms with Crippen molar-refractivity contribution in [2.75, 3.05) is 45.8 Å². The van der Waals surface area contributed by atoms with Gasteiger partial charge in [0.15, 0.2) is 5.78 Å². The molecule has 2 aromatic carbocycles. The highest BCUT2D eigenvalue weighted by molar-refractivity contribution is 6.08. The van der Waals surface area contributed by atoms with Gasteiger partial charge in [-0.25, -0.2) is 9.59 Å². The maximum absolute atomic E-state index is 12.7. The Morgan fingerprint density at radius 3 is 1.58 bits per heavy atom. The molecule has 0 radical (unpaired) electrons. The van der Waals surface area contributed by atoms with E-state index < -0.39 is 0 Å². The number of hydrogen-bond donors (Lipinski definition) is 1. The van der Waals surface area contributed by atoms with Gasteiger partial charge in [0.25, 0.3) is 0 Å². The zero-order valence-electron chi connectivity index (χ0n) is 24.5. The second-order valence-electron chi connectivity index (χ2n) is 11.2. The molecular weight excluding hydrogens is 570 g/mol. The standard InChI is InChI=1S/C17H16N4O2.C17H15N3O2/c22-17-20(8-9-21(17)14-2-1-7-18-11-14)13-4-5-15-12(10-13)3-6-16(15)19-23;21-16-6-3-12-10-13(4-5-15(12)16)19-8-9-20(17(19)22)14-2-1-7-18-11-14/h1-2,4-5,7,10-11,23H,3,6,8-9H2;1-2,4-5,7,10-11H,3,6,8-9H2/b19-16+;. The Hall–Kier alpha value is -5.58. The molecule has 2 aliphatic carbocycles. The van der Waals surface area contributed by atoms with E-state index >= 15 is 0 Å². The van der Waals surface area contributed by atoms with Crippen LogP contribution in [0.3, 0.4) is 0 Å². The van der Waals surface area contributed by atoms with Crippen LogP contribution in [0.1, 0.15) is 39.9 Å². The summed E-state index contributed by atoms with van der Waals surface area (Å²) in [6.07, 6.45) is 9.73. The lowest BCUT2D eigenvalue weighted by Gasteiger charge is -2.19. The maximum atomic E-state index is 12.7. The number of aryl methyl sites for hydroxylation is 2. The molecule has 2 aromatic heterocycles. The van der Waals surface area contributed by atoms with E-state index in [1.165, 1.54) is 0 Å². The summed E-state index contributed by atoms with van der Waals surface area (Å²) in [5.74, 6) is 0.200. The Balaban J connectivity index is 0.000000145. The minimum absolute atomic E-state index is 0.0352. The molecule has 0 unspecified atom stereocenters. The van der Waals surface area contributed by atoms with E-state index in [4.69, 9.17) is 5.21 Å². The van der Waals surface area contributed by atoms with E-state index in [1.54, 1.807) is 44.4 Å². The largest absolute Gasteiger partial charge is 0.411 e. The predicted molar refractivity (Wildman–Crippen MR) is 171 cm³/mol. The molecule has 4 amide bonds. The number of rotatable bonds is 4. The first kappa shape index (κ1) is 28.2. The first-order chi connectivity index (χ1) is 22.0. The van der Waals surface area contributed by atoms with Gasteiger partial charge in [0.05, 0.1) is 29.5 Å². The van der Waals surface area contributed by atoms with Crippen molar-refractivity contribution in [3.63, 3.8) is 0 Å². The van der Waals surface area contributed by atoms with Crippen LogP contribution in [0.2, 0.25) is 0 Å². The van der Waals surface area contributed by atoms with Crippen molar-refractivity contribution in [3.05, 3.63) is 108 Å². The van der Waals surface area contributed by atoms with Gasteiger partial charge in [0.1, 0.15) is 0 Å². The lowest BCUT2D eigenvalue weighted by atomic mass is 10.1. The van der Waals surface area contributed by atoms with Crippen LogP contribution in [-0.2, 0) is 12.8 Å². The third kappa shape index (κ3) is 5.26. The molecule has 8 rings (SSSR count). The van der Waals surface area contributed by atoms with E-state index in [0.29, 0.717) is 32.6 Å². The number of amides is 4. The van der Waals surface area contributed by atoms with Crippen molar-refractivity contribution in [1.29, 1.82) is 0 Å². The quantitative estimate of drug-likeness (QED) is 0.250. The van der Waals surface area contributed by atoms with Gasteiger partial charge in [-0.05, 0) is 85.0 Å². The van der Waals surface area contributed by atoms with Crippen LogP contribution in [0, 0.1) is 0 Å². The molecule has 4 aliphatic rings. The van der Waals surface area contributed by atoms with Crippen molar-refractivity contribution >= 4 is 46.3 Å². The topological polar surface area (TPSA) is 123 Å². The minimum atomic E-state index is -0.0442. The fraction of sp³-hybridized carbons (Fsp3) is 0.235. The van der Waals surface area contributed by atoms with E-state index in [2.05, 4.69) is 15.1 Å². The smallest absolute Gasteiger partial charge is 0.329 e. The molecule has 2 aliphatic heterocycles. The monoisotopic (exact) mass is 601 g/mol. The number of oxime groups is 1. The van der Waals surface area contributed by atoms with Gasteiger partial charge >= 0.3 is 12.1 Å². The van der Waals surface area contributed by atoms with Crippen LogP contribution in [0.15, 0.2) is 90.6 Å². The number of hydrogen-bond acceptors (Lipinski definition) is 7. The Labute approximate surface area is 260 Å². The number of Topliss-reactive ketones (excluding diaryl/α,β-unsaturated/α-hetero) is 1. The summed E-state index contributed by atoms with van der Waals surface area (Å²) in [6, 6.07) is 18.9. The minimum Gasteiger partial charge on any atom is -0.411 e. The molecule has 11 heteroatoms. The Morgan fingerprint density at radius 1 is 0.578 bits per heavy atom. The van der Waals surface area contributed by atoms with Crippen molar-refractivity contribution in [1.82, 2.24) is 9.97 Å². The number of pyridine rings is 2. The summed E-state index contributed by atoms with van der Waals surface area (Å²) < 4.78 is 0. The summed E-state index contributed by atoms with van der Waals surface area (Å²) in [6.45, 7) is 2.57. The summed E-state index contributed by atoms with van der Waals surface area (Å²) in [5.41, 5.74) is 8.06. The highest BCUT2D eigenvalue weighted by atomic mass is 16.4. The number of urea groups is 2.